The predicted molar refractivity (Wildman–Crippen MR) is 137 cm³/mol. The topological polar surface area (TPSA) is 121 Å². The Balaban J connectivity index is 1.35. The van der Waals surface area contributed by atoms with Crippen LogP contribution in [0, 0.1) is 18.7 Å². The average molecular weight is 518 g/mol. The minimum Gasteiger partial charge on any atom is -0.489 e. The molecule has 0 spiro atoms. The molecule has 4 aromatic rings. The second kappa shape index (κ2) is 9.64. The molecule has 6 heterocycles. The van der Waals surface area contributed by atoms with Crippen molar-refractivity contribution >= 4 is 17.1 Å². The van der Waals surface area contributed by atoms with Crippen LogP contribution in [0.2, 0.25) is 0 Å². The van der Waals surface area contributed by atoms with Crippen LogP contribution in [0.15, 0.2) is 36.5 Å². The molecule has 11 heteroatoms. The van der Waals surface area contributed by atoms with Crippen molar-refractivity contribution in [3.63, 3.8) is 0 Å². The number of primary amides is 1. The lowest BCUT2D eigenvalue weighted by molar-refractivity contribution is -0.00789. The van der Waals surface area contributed by atoms with Crippen molar-refractivity contribution in [2.45, 2.75) is 32.4 Å². The number of ether oxygens (including phenoxy) is 2. The number of piperidine rings is 3. The Labute approximate surface area is 218 Å². The quantitative estimate of drug-likeness (QED) is 0.397. The number of amides is 1. The maximum atomic E-state index is 15.4. The van der Waals surface area contributed by atoms with Gasteiger partial charge in [0.1, 0.15) is 34.7 Å². The molecule has 1 atom stereocenters. The highest BCUT2D eigenvalue weighted by atomic mass is 19.1. The maximum Gasteiger partial charge on any atom is 0.318 e. The van der Waals surface area contributed by atoms with Gasteiger partial charge >= 0.3 is 6.01 Å². The highest BCUT2D eigenvalue weighted by Crippen LogP contribution is 2.32. The van der Waals surface area contributed by atoms with E-state index in [-0.39, 0.29) is 30.2 Å². The van der Waals surface area contributed by atoms with E-state index in [1.807, 2.05) is 13.0 Å². The van der Waals surface area contributed by atoms with Gasteiger partial charge in [-0.3, -0.25) is 14.7 Å². The van der Waals surface area contributed by atoms with E-state index >= 15 is 4.39 Å². The summed E-state index contributed by atoms with van der Waals surface area (Å²) in [6, 6.07) is 8.43. The van der Waals surface area contributed by atoms with Crippen LogP contribution in [0.25, 0.3) is 22.6 Å². The van der Waals surface area contributed by atoms with Gasteiger partial charge in [-0.1, -0.05) is 6.07 Å². The molecule has 3 aliphatic heterocycles. The molecule has 0 aliphatic carbocycles. The van der Waals surface area contributed by atoms with Gasteiger partial charge in [0, 0.05) is 29.9 Å². The van der Waals surface area contributed by atoms with E-state index in [0.717, 1.165) is 32.5 Å². The van der Waals surface area contributed by atoms with E-state index in [9.17, 15) is 4.79 Å². The summed E-state index contributed by atoms with van der Waals surface area (Å²) >= 11 is 0. The number of fused-ring (bicyclic) bond motifs is 4. The smallest absolute Gasteiger partial charge is 0.318 e. The molecular weight excluding hydrogens is 489 g/mol. The van der Waals surface area contributed by atoms with Crippen molar-refractivity contribution in [1.82, 2.24) is 29.4 Å². The Kier molecular flexibility index (Phi) is 6.15. The lowest BCUT2D eigenvalue weighted by Gasteiger charge is -2.44. The second-order valence-electron chi connectivity index (χ2n) is 9.83. The highest BCUT2D eigenvalue weighted by molar-refractivity contribution is 5.91. The zero-order valence-electron chi connectivity index (χ0n) is 21.2. The highest BCUT2D eigenvalue weighted by Gasteiger charge is 2.35. The molecule has 0 saturated carbocycles. The molecule has 3 fully saturated rings. The molecule has 2 N–H and O–H groups in total. The van der Waals surface area contributed by atoms with Crippen molar-refractivity contribution in [2.75, 3.05) is 26.7 Å². The lowest BCUT2D eigenvalue weighted by atomic mass is 9.86. The number of rotatable bonds is 7. The summed E-state index contributed by atoms with van der Waals surface area (Å²) in [5.41, 5.74) is 8.22. The minimum atomic E-state index is -0.626. The fourth-order valence-corrected chi connectivity index (χ4v) is 5.36. The lowest BCUT2D eigenvalue weighted by Crippen LogP contribution is -2.52. The number of nitrogens with two attached hydrogens (primary N) is 1. The molecule has 2 bridgehead atoms. The standard InChI is InChI=1S/C27H28FN7O3/c1-15-23-26(33-27(31-15)37-2)35(25(32-23)17-4-6-21(24(29)36)30-12-17)13-18-3-5-19(11-20(18)28)38-22-14-34-9-7-16(22)8-10-34/h3-6,11-12,16,22H,7-10,13-14H2,1-2H3,(H2,29,36). The van der Waals surface area contributed by atoms with Gasteiger partial charge in [-0.2, -0.15) is 9.97 Å². The summed E-state index contributed by atoms with van der Waals surface area (Å²) in [6.45, 7) is 5.08. The van der Waals surface area contributed by atoms with Crippen molar-refractivity contribution in [3.05, 3.63) is 59.3 Å². The summed E-state index contributed by atoms with van der Waals surface area (Å²) in [5.74, 6) is 0.554. The zero-order valence-corrected chi connectivity index (χ0v) is 21.2. The number of halogens is 1. The van der Waals surface area contributed by atoms with Gasteiger partial charge in [0.05, 0.1) is 19.3 Å². The van der Waals surface area contributed by atoms with Gasteiger partial charge in [-0.15, -0.1) is 0 Å². The summed E-state index contributed by atoms with van der Waals surface area (Å²) in [6.07, 6.45) is 3.86. The Morgan fingerprint density at radius 3 is 2.61 bits per heavy atom. The molecule has 7 rings (SSSR count). The normalized spacial score (nSPS) is 20.6. The van der Waals surface area contributed by atoms with Crippen LogP contribution < -0.4 is 15.2 Å². The number of carbonyl (C=O) groups is 1. The molecule has 3 saturated heterocycles. The van der Waals surface area contributed by atoms with Crippen molar-refractivity contribution in [3.8, 4) is 23.1 Å². The first-order valence-electron chi connectivity index (χ1n) is 12.6. The van der Waals surface area contributed by atoms with Crippen LogP contribution in [0.1, 0.15) is 34.6 Å². The van der Waals surface area contributed by atoms with Crippen molar-refractivity contribution in [1.29, 1.82) is 0 Å². The van der Waals surface area contributed by atoms with Gasteiger partial charge in [-0.05, 0) is 57.0 Å². The fourth-order valence-electron chi connectivity index (χ4n) is 5.36. The third-order valence-corrected chi connectivity index (χ3v) is 7.44. The molecule has 1 aromatic carbocycles. The number of hydrogen-bond donors (Lipinski definition) is 1. The Bertz CT molecular complexity index is 1510. The number of imidazole rings is 1. The van der Waals surface area contributed by atoms with E-state index in [4.69, 9.17) is 20.2 Å². The van der Waals surface area contributed by atoms with Crippen LogP contribution in [-0.4, -0.2) is 68.2 Å². The van der Waals surface area contributed by atoms with Gasteiger partial charge in [-0.25, -0.2) is 9.37 Å². The van der Waals surface area contributed by atoms with Crippen LogP contribution in [-0.2, 0) is 6.54 Å². The molecule has 3 aromatic heterocycles. The van der Waals surface area contributed by atoms with Crippen molar-refractivity contribution < 1.29 is 18.7 Å². The SMILES string of the molecule is COc1nc(C)c2nc(-c3ccc(C(N)=O)nc3)n(Cc3ccc(OC4CN5CCC4CC5)cc3F)c2n1. The number of aryl methyl sites for hydroxylation is 1. The van der Waals surface area contributed by atoms with E-state index in [2.05, 4.69) is 19.9 Å². The monoisotopic (exact) mass is 517 g/mol. The third kappa shape index (κ3) is 4.43. The first-order valence-corrected chi connectivity index (χ1v) is 12.6. The van der Waals surface area contributed by atoms with Crippen LogP contribution in [0.4, 0.5) is 4.39 Å². The summed E-state index contributed by atoms with van der Waals surface area (Å²) < 4.78 is 28.7. The van der Waals surface area contributed by atoms with E-state index in [1.54, 1.807) is 16.7 Å². The van der Waals surface area contributed by atoms with Crippen molar-refractivity contribution in [2.24, 2.45) is 11.7 Å². The molecule has 1 unspecified atom stereocenters. The van der Waals surface area contributed by atoms with Gasteiger partial charge in [0.15, 0.2) is 5.65 Å². The molecule has 1 amide bonds. The van der Waals surface area contributed by atoms with Crippen LogP contribution in [0.5, 0.6) is 11.8 Å². The Hall–Kier alpha value is -4.12. The number of hydrogen-bond acceptors (Lipinski definition) is 8. The Morgan fingerprint density at radius 2 is 1.97 bits per heavy atom. The first-order chi connectivity index (χ1) is 18.4. The number of nitrogens with zero attached hydrogens (tertiary/aromatic N) is 6. The van der Waals surface area contributed by atoms with Gasteiger partial charge in [0.2, 0.25) is 0 Å². The number of benzene rings is 1. The van der Waals surface area contributed by atoms with E-state index < -0.39 is 5.91 Å². The summed E-state index contributed by atoms with van der Waals surface area (Å²) in [7, 11) is 1.49. The zero-order chi connectivity index (χ0) is 26.4. The first kappa shape index (κ1) is 24.2. The average Bonchev–Trinajstić information content (AvgIpc) is 3.29. The van der Waals surface area contributed by atoms with Crippen LogP contribution in [0.3, 0.4) is 0 Å². The third-order valence-electron chi connectivity index (χ3n) is 7.44. The summed E-state index contributed by atoms with van der Waals surface area (Å²) in [4.78, 5) is 31.6. The number of carbonyl (C=O) groups excluding carboxylic acids is 1. The van der Waals surface area contributed by atoms with E-state index in [1.165, 1.54) is 25.4 Å². The number of methoxy groups -OCH3 is 1. The number of aromatic nitrogens is 5. The van der Waals surface area contributed by atoms with E-state index in [0.29, 0.717) is 45.5 Å². The fraction of sp³-hybridized carbons (Fsp3) is 0.370. The maximum absolute atomic E-state index is 15.4. The largest absolute Gasteiger partial charge is 0.489 e. The molecule has 38 heavy (non-hydrogen) atoms. The van der Waals surface area contributed by atoms with Crippen LogP contribution >= 0.6 is 0 Å². The molecular formula is C27H28FN7O3. The molecule has 0 radical (unpaired) electrons. The molecule has 3 aliphatic rings. The summed E-state index contributed by atoms with van der Waals surface area (Å²) in [5, 5.41) is 0. The molecule has 10 nitrogen and oxygen atoms in total. The van der Waals surface area contributed by atoms with Gasteiger partial charge < -0.3 is 19.8 Å². The molecule has 196 valence electrons. The second-order valence-corrected chi connectivity index (χ2v) is 9.83. The Morgan fingerprint density at radius 1 is 1.16 bits per heavy atom. The minimum absolute atomic E-state index is 0.0926. The van der Waals surface area contributed by atoms with Gasteiger partial charge in [0.25, 0.3) is 5.91 Å². The number of pyridine rings is 1. The predicted octanol–water partition coefficient (Wildman–Crippen LogP) is 2.96.